The lowest BCUT2D eigenvalue weighted by atomic mass is 9.93. The zero-order chi connectivity index (χ0) is 16.3. The molecule has 0 aliphatic heterocycles. The normalized spacial score (nSPS) is 14.0. The molecular weight excluding hydrogens is 350 g/mol. The predicted molar refractivity (Wildman–Crippen MR) is 86.8 cm³/mol. The first-order valence-corrected chi connectivity index (χ1v) is 7.01. The predicted octanol–water partition coefficient (Wildman–Crippen LogP) is 4.38. The van der Waals surface area contributed by atoms with Crippen LogP contribution in [0, 0.1) is 0 Å². The van der Waals surface area contributed by atoms with E-state index in [2.05, 4.69) is 0 Å². The van der Waals surface area contributed by atoms with Crippen LogP contribution in [0.15, 0.2) is 48.5 Å². The Balaban J connectivity index is 0.00000264. The highest BCUT2D eigenvalue weighted by molar-refractivity contribution is 6.30. The standard InChI is InChI=1S/C16H15ClF3NO.ClH/c17-11-6-7-12(13(9-11)16(18,19)20)15(21)14(22)8-10-4-2-1-3-5-10;/h1-7,9,14-15,22H,8,21H2;1H/t14-,15+;/m0./s1. The first-order valence-electron chi connectivity index (χ1n) is 6.63. The largest absolute Gasteiger partial charge is 0.416 e. The number of nitrogens with two attached hydrogens (primary N) is 1. The van der Waals surface area contributed by atoms with Gasteiger partial charge in [0, 0.05) is 11.4 Å². The van der Waals surface area contributed by atoms with Crippen LogP contribution >= 0.6 is 24.0 Å². The van der Waals surface area contributed by atoms with Gasteiger partial charge in [0.2, 0.25) is 0 Å². The third kappa shape index (κ3) is 5.11. The number of benzene rings is 2. The topological polar surface area (TPSA) is 46.2 Å². The maximum Gasteiger partial charge on any atom is 0.416 e. The van der Waals surface area contributed by atoms with Gasteiger partial charge in [0.05, 0.1) is 17.7 Å². The Morgan fingerprint density at radius 1 is 1.09 bits per heavy atom. The van der Waals surface area contributed by atoms with Gasteiger partial charge in [-0.1, -0.05) is 48.0 Å². The summed E-state index contributed by atoms with van der Waals surface area (Å²) in [6.45, 7) is 0. The molecule has 0 aromatic heterocycles. The highest BCUT2D eigenvalue weighted by atomic mass is 35.5. The third-order valence-electron chi connectivity index (χ3n) is 3.38. The molecule has 0 radical (unpaired) electrons. The third-order valence-corrected chi connectivity index (χ3v) is 3.62. The van der Waals surface area contributed by atoms with Gasteiger partial charge in [-0.3, -0.25) is 0 Å². The number of hydrogen-bond acceptors (Lipinski definition) is 2. The molecule has 0 saturated heterocycles. The average molecular weight is 366 g/mol. The first kappa shape index (κ1) is 19.8. The van der Waals surface area contributed by atoms with Crippen molar-refractivity contribution in [1.29, 1.82) is 0 Å². The molecule has 0 unspecified atom stereocenters. The van der Waals surface area contributed by atoms with Gasteiger partial charge in [-0.2, -0.15) is 13.2 Å². The highest BCUT2D eigenvalue weighted by Crippen LogP contribution is 2.36. The minimum absolute atomic E-state index is 0. The molecule has 126 valence electrons. The van der Waals surface area contributed by atoms with E-state index in [9.17, 15) is 18.3 Å². The quantitative estimate of drug-likeness (QED) is 0.844. The summed E-state index contributed by atoms with van der Waals surface area (Å²) in [7, 11) is 0. The molecule has 23 heavy (non-hydrogen) atoms. The van der Waals surface area contributed by atoms with Crippen molar-refractivity contribution >= 4 is 24.0 Å². The molecule has 2 atom stereocenters. The van der Waals surface area contributed by atoms with E-state index in [0.717, 1.165) is 11.6 Å². The van der Waals surface area contributed by atoms with E-state index in [-0.39, 0.29) is 29.4 Å². The minimum atomic E-state index is -4.58. The molecule has 0 aliphatic rings. The Morgan fingerprint density at radius 2 is 1.70 bits per heavy atom. The van der Waals surface area contributed by atoms with Crippen molar-refractivity contribution < 1.29 is 18.3 Å². The SMILES string of the molecule is Cl.N[C@H](c1ccc(Cl)cc1C(F)(F)F)[C@@H](O)Cc1ccccc1. The van der Waals surface area contributed by atoms with Crippen molar-refractivity contribution in [2.24, 2.45) is 5.73 Å². The molecule has 0 heterocycles. The highest BCUT2D eigenvalue weighted by Gasteiger charge is 2.36. The van der Waals surface area contributed by atoms with Crippen LogP contribution in [0.25, 0.3) is 0 Å². The van der Waals surface area contributed by atoms with Gasteiger partial charge in [0.1, 0.15) is 0 Å². The van der Waals surface area contributed by atoms with Gasteiger partial charge < -0.3 is 10.8 Å². The van der Waals surface area contributed by atoms with Gasteiger partial charge in [-0.25, -0.2) is 0 Å². The van der Waals surface area contributed by atoms with Gasteiger partial charge in [0.25, 0.3) is 0 Å². The summed E-state index contributed by atoms with van der Waals surface area (Å²) in [5.41, 5.74) is 5.56. The van der Waals surface area contributed by atoms with Crippen LogP contribution in [0.2, 0.25) is 5.02 Å². The number of alkyl halides is 3. The number of aliphatic hydroxyl groups is 1. The van der Waals surface area contributed by atoms with Crippen molar-refractivity contribution in [3.8, 4) is 0 Å². The summed E-state index contributed by atoms with van der Waals surface area (Å²) in [6.07, 6.45) is -5.55. The monoisotopic (exact) mass is 365 g/mol. The van der Waals surface area contributed by atoms with Gasteiger partial charge in [-0.05, 0) is 23.3 Å². The van der Waals surface area contributed by atoms with Gasteiger partial charge >= 0.3 is 6.18 Å². The fourth-order valence-corrected chi connectivity index (χ4v) is 2.43. The number of halogens is 5. The van der Waals surface area contributed by atoms with Crippen LogP contribution in [-0.4, -0.2) is 11.2 Å². The molecule has 7 heteroatoms. The van der Waals surface area contributed by atoms with Crippen LogP contribution in [-0.2, 0) is 12.6 Å². The Hall–Kier alpha value is -1.27. The second kappa shape index (κ2) is 8.02. The van der Waals surface area contributed by atoms with Crippen molar-refractivity contribution in [1.82, 2.24) is 0 Å². The smallest absolute Gasteiger partial charge is 0.391 e. The van der Waals surface area contributed by atoms with E-state index >= 15 is 0 Å². The lowest BCUT2D eigenvalue weighted by Gasteiger charge is -2.23. The Kier molecular flexibility index (Phi) is 6.89. The summed E-state index contributed by atoms with van der Waals surface area (Å²) in [4.78, 5) is 0. The van der Waals surface area contributed by atoms with E-state index in [0.29, 0.717) is 0 Å². The average Bonchev–Trinajstić information content (AvgIpc) is 2.46. The van der Waals surface area contributed by atoms with Crippen LogP contribution in [0.3, 0.4) is 0 Å². The maximum absolute atomic E-state index is 13.1. The molecule has 2 aromatic rings. The molecule has 0 aliphatic carbocycles. The summed E-state index contributed by atoms with van der Waals surface area (Å²) in [5.74, 6) is 0. The minimum Gasteiger partial charge on any atom is -0.391 e. The second-order valence-corrected chi connectivity index (χ2v) is 5.45. The van der Waals surface area contributed by atoms with Crippen LogP contribution in [0.5, 0.6) is 0 Å². The van der Waals surface area contributed by atoms with Crippen LogP contribution in [0.4, 0.5) is 13.2 Å². The van der Waals surface area contributed by atoms with E-state index in [1.54, 1.807) is 24.3 Å². The van der Waals surface area contributed by atoms with Crippen LogP contribution in [0.1, 0.15) is 22.7 Å². The zero-order valence-electron chi connectivity index (χ0n) is 11.9. The molecule has 2 rings (SSSR count). The van der Waals surface area contributed by atoms with Crippen LogP contribution < -0.4 is 5.73 Å². The lowest BCUT2D eigenvalue weighted by Crippen LogP contribution is -2.30. The van der Waals surface area contributed by atoms with E-state index < -0.39 is 23.9 Å². The molecule has 3 N–H and O–H groups in total. The van der Waals surface area contributed by atoms with Crippen molar-refractivity contribution in [2.75, 3.05) is 0 Å². The van der Waals surface area contributed by atoms with E-state index in [1.807, 2.05) is 6.07 Å². The molecule has 0 bridgehead atoms. The molecular formula is C16H16Cl2F3NO. The summed E-state index contributed by atoms with van der Waals surface area (Å²) < 4.78 is 39.2. The fourth-order valence-electron chi connectivity index (χ4n) is 2.25. The van der Waals surface area contributed by atoms with Gasteiger partial charge in [-0.15, -0.1) is 12.4 Å². The molecule has 0 spiro atoms. The number of hydrogen-bond donors (Lipinski definition) is 2. The molecule has 0 amide bonds. The zero-order valence-corrected chi connectivity index (χ0v) is 13.5. The summed E-state index contributed by atoms with van der Waals surface area (Å²) >= 11 is 5.63. The lowest BCUT2D eigenvalue weighted by molar-refractivity contribution is -0.138. The molecule has 2 nitrogen and oxygen atoms in total. The van der Waals surface area contributed by atoms with Gasteiger partial charge in [0.15, 0.2) is 0 Å². The van der Waals surface area contributed by atoms with E-state index in [4.69, 9.17) is 17.3 Å². The Morgan fingerprint density at radius 3 is 2.26 bits per heavy atom. The van der Waals surface area contributed by atoms with Crippen molar-refractivity contribution in [3.05, 3.63) is 70.2 Å². The van der Waals surface area contributed by atoms with Crippen molar-refractivity contribution in [3.63, 3.8) is 0 Å². The first-order chi connectivity index (χ1) is 10.3. The molecule has 2 aromatic carbocycles. The number of rotatable bonds is 4. The Bertz CT molecular complexity index is 635. The van der Waals surface area contributed by atoms with E-state index in [1.165, 1.54) is 12.1 Å². The maximum atomic E-state index is 13.1. The molecule has 0 saturated carbocycles. The van der Waals surface area contributed by atoms with Crippen molar-refractivity contribution in [2.45, 2.75) is 24.7 Å². The Labute approximate surface area is 143 Å². The fraction of sp³-hybridized carbons (Fsp3) is 0.250. The summed E-state index contributed by atoms with van der Waals surface area (Å²) in [6, 6.07) is 11.2. The summed E-state index contributed by atoms with van der Waals surface area (Å²) in [5, 5.41) is 10.1. The number of aliphatic hydroxyl groups excluding tert-OH is 1. The second-order valence-electron chi connectivity index (χ2n) is 5.01. The molecule has 0 fully saturated rings.